The summed E-state index contributed by atoms with van der Waals surface area (Å²) >= 11 is 12.1. The molecule has 0 aliphatic carbocycles. The highest BCUT2D eigenvalue weighted by Gasteiger charge is 2.07. The van der Waals surface area contributed by atoms with E-state index in [1.54, 1.807) is 42.5 Å². The smallest absolute Gasteiger partial charge is 0.277 e. The maximum absolute atomic E-state index is 11.7. The molecule has 3 rings (SSSR count). The number of nitrogens with zero attached hydrogens (tertiary/aromatic N) is 1. The van der Waals surface area contributed by atoms with Gasteiger partial charge in [0.1, 0.15) is 17.3 Å². The van der Waals surface area contributed by atoms with Gasteiger partial charge in [0.15, 0.2) is 6.61 Å². The molecule has 132 valence electrons. The van der Waals surface area contributed by atoms with E-state index in [2.05, 4.69) is 10.5 Å². The highest BCUT2D eigenvalue weighted by Crippen LogP contribution is 2.28. The number of furan rings is 1. The van der Waals surface area contributed by atoms with Crippen LogP contribution in [0.15, 0.2) is 70.2 Å². The topological polar surface area (TPSA) is 63.8 Å². The van der Waals surface area contributed by atoms with Crippen molar-refractivity contribution in [1.82, 2.24) is 5.43 Å². The lowest BCUT2D eigenvalue weighted by atomic mass is 10.2. The van der Waals surface area contributed by atoms with E-state index in [9.17, 15) is 4.79 Å². The summed E-state index contributed by atoms with van der Waals surface area (Å²) in [5.41, 5.74) is 3.14. The van der Waals surface area contributed by atoms with E-state index >= 15 is 0 Å². The van der Waals surface area contributed by atoms with E-state index in [1.165, 1.54) is 6.21 Å². The summed E-state index contributed by atoms with van der Waals surface area (Å²) in [4.78, 5) is 11.7. The highest BCUT2D eigenvalue weighted by atomic mass is 35.5. The van der Waals surface area contributed by atoms with Gasteiger partial charge in [-0.2, -0.15) is 5.10 Å². The van der Waals surface area contributed by atoms with Gasteiger partial charge in [-0.25, -0.2) is 5.43 Å². The number of hydrazone groups is 1. The molecule has 0 fully saturated rings. The molecule has 0 atom stereocenters. The van der Waals surface area contributed by atoms with Gasteiger partial charge in [-0.15, -0.1) is 0 Å². The summed E-state index contributed by atoms with van der Waals surface area (Å²) in [7, 11) is 0. The lowest BCUT2D eigenvalue weighted by molar-refractivity contribution is -0.123. The Morgan fingerprint density at radius 3 is 2.54 bits per heavy atom. The summed E-state index contributed by atoms with van der Waals surface area (Å²) in [6, 6.07) is 17.8. The van der Waals surface area contributed by atoms with Crippen molar-refractivity contribution in [3.05, 3.63) is 76.5 Å². The molecule has 3 aromatic rings. The largest absolute Gasteiger partial charge is 0.482 e. The summed E-state index contributed by atoms with van der Waals surface area (Å²) in [6.07, 6.45) is 1.40. The van der Waals surface area contributed by atoms with Crippen molar-refractivity contribution in [2.24, 2.45) is 5.10 Å². The number of hydrogen-bond acceptors (Lipinski definition) is 4. The van der Waals surface area contributed by atoms with Crippen LogP contribution in [0.1, 0.15) is 5.76 Å². The minimum atomic E-state index is -0.418. The van der Waals surface area contributed by atoms with Crippen LogP contribution < -0.4 is 10.2 Å². The van der Waals surface area contributed by atoms with Gasteiger partial charge in [0, 0.05) is 5.56 Å². The first-order valence-electron chi connectivity index (χ1n) is 7.67. The highest BCUT2D eigenvalue weighted by molar-refractivity contribution is 6.33. The molecule has 0 bridgehead atoms. The fraction of sp³-hybridized carbons (Fsp3) is 0.0526. The Balaban J connectivity index is 1.53. The number of nitrogens with one attached hydrogen (secondary N) is 1. The normalized spacial score (nSPS) is 10.8. The van der Waals surface area contributed by atoms with Crippen LogP contribution in [0, 0.1) is 0 Å². The van der Waals surface area contributed by atoms with Crippen LogP contribution in [0.2, 0.25) is 10.0 Å². The number of carbonyl (C=O) groups excluding carboxylic acids is 1. The first kappa shape index (κ1) is 18.0. The van der Waals surface area contributed by atoms with Crippen LogP contribution >= 0.6 is 23.2 Å². The molecule has 1 N–H and O–H groups in total. The average Bonchev–Trinajstić information content (AvgIpc) is 3.10. The Hall–Kier alpha value is -2.76. The molecule has 1 aromatic heterocycles. The van der Waals surface area contributed by atoms with Crippen molar-refractivity contribution in [3.8, 4) is 17.1 Å². The molecule has 1 heterocycles. The Kier molecular flexibility index (Phi) is 5.94. The Morgan fingerprint density at radius 2 is 1.77 bits per heavy atom. The molecule has 0 spiro atoms. The quantitative estimate of drug-likeness (QED) is 0.487. The molecular formula is C19H14Cl2N2O3. The molecule has 0 saturated heterocycles. The van der Waals surface area contributed by atoms with Gasteiger partial charge in [0.25, 0.3) is 5.91 Å². The molecular weight excluding hydrogens is 375 g/mol. The third kappa shape index (κ3) is 4.65. The number of halogens is 2. The van der Waals surface area contributed by atoms with Crippen LogP contribution in [-0.4, -0.2) is 18.7 Å². The predicted molar refractivity (Wildman–Crippen MR) is 102 cm³/mol. The Bertz CT molecular complexity index is 938. The van der Waals surface area contributed by atoms with Gasteiger partial charge in [0.05, 0.1) is 16.3 Å². The van der Waals surface area contributed by atoms with E-state index in [1.807, 2.05) is 18.2 Å². The Labute approximate surface area is 160 Å². The maximum atomic E-state index is 11.7. The van der Waals surface area contributed by atoms with Gasteiger partial charge < -0.3 is 9.15 Å². The van der Waals surface area contributed by atoms with E-state index in [0.717, 1.165) is 5.56 Å². The number of hydrogen-bond donors (Lipinski definition) is 1. The summed E-state index contributed by atoms with van der Waals surface area (Å²) in [5.74, 6) is 1.11. The fourth-order valence-electron chi connectivity index (χ4n) is 2.13. The molecule has 0 saturated carbocycles. The molecule has 0 radical (unpaired) electrons. The van der Waals surface area contributed by atoms with Crippen LogP contribution in [-0.2, 0) is 4.79 Å². The van der Waals surface area contributed by atoms with Gasteiger partial charge in [-0.05, 0) is 36.4 Å². The maximum Gasteiger partial charge on any atom is 0.277 e. The number of carbonyl (C=O) groups is 1. The minimum Gasteiger partial charge on any atom is -0.482 e. The standard InChI is InChI=1S/C19H14Cl2N2O3/c20-15-6-2-1-5-14(15)17-10-9-13(26-17)11-22-23-19(24)12-25-18-8-4-3-7-16(18)21/h1-11H,12H2,(H,23,24)/b22-11-. The second-order valence-corrected chi connectivity index (χ2v) is 6.01. The lowest BCUT2D eigenvalue weighted by Gasteiger charge is -2.06. The molecule has 7 heteroatoms. The third-order valence-electron chi connectivity index (χ3n) is 3.34. The number of amides is 1. The van der Waals surface area contributed by atoms with E-state index in [4.69, 9.17) is 32.4 Å². The van der Waals surface area contributed by atoms with Gasteiger partial charge >= 0.3 is 0 Å². The molecule has 2 aromatic carbocycles. The molecule has 5 nitrogen and oxygen atoms in total. The number of benzene rings is 2. The lowest BCUT2D eigenvalue weighted by Crippen LogP contribution is -2.24. The SMILES string of the molecule is O=C(COc1ccccc1Cl)N/N=C\c1ccc(-c2ccccc2Cl)o1. The zero-order valence-corrected chi connectivity index (χ0v) is 15.0. The van der Waals surface area contributed by atoms with Crippen molar-refractivity contribution in [2.45, 2.75) is 0 Å². The first-order chi connectivity index (χ1) is 12.6. The van der Waals surface area contributed by atoms with Crippen LogP contribution in [0.4, 0.5) is 0 Å². The molecule has 1 amide bonds. The summed E-state index contributed by atoms with van der Waals surface area (Å²) in [6.45, 7) is -0.204. The van der Waals surface area contributed by atoms with Gasteiger partial charge in [-0.1, -0.05) is 47.5 Å². The van der Waals surface area contributed by atoms with E-state index < -0.39 is 5.91 Å². The van der Waals surface area contributed by atoms with Crippen molar-refractivity contribution in [3.63, 3.8) is 0 Å². The average molecular weight is 389 g/mol. The monoisotopic (exact) mass is 388 g/mol. The molecule has 26 heavy (non-hydrogen) atoms. The zero-order chi connectivity index (χ0) is 18.4. The number of rotatable bonds is 6. The van der Waals surface area contributed by atoms with E-state index in [-0.39, 0.29) is 6.61 Å². The van der Waals surface area contributed by atoms with Gasteiger partial charge in [-0.3, -0.25) is 4.79 Å². The van der Waals surface area contributed by atoms with E-state index in [0.29, 0.717) is 27.3 Å². The predicted octanol–water partition coefficient (Wildman–Crippen LogP) is 4.78. The second kappa shape index (κ2) is 8.56. The van der Waals surface area contributed by atoms with Crippen molar-refractivity contribution in [2.75, 3.05) is 6.61 Å². The number of para-hydroxylation sites is 1. The first-order valence-corrected chi connectivity index (χ1v) is 8.43. The minimum absolute atomic E-state index is 0.204. The zero-order valence-electron chi connectivity index (χ0n) is 13.5. The molecule has 0 aliphatic rings. The van der Waals surface area contributed by atoms with Crippen LogP contribution in [0.25, 0.3) is 11.3 Å². The molecule has 0 aliphatic heterocycles. The summed E-state index contributed by atoms with van der Waals surface area (Å²) in [5, 5.41) is 4.87. The van der Waals surface area contributed by atoms with Crippen LogP contribution in [0.5, 0.6) is 5.75 Å². The van der Waals surface area contributed by atoms with Crippen molar-refractivity contribution < 1.29 is 13.9 Å². The second-order valence-electron chi connectivity index (χ2n) is 5.19. The van der Waals surface area contributed by atoms with Crippen molar-refractivity contribution >= 4 is 35.3 Å². The number of ether oxygens (including phenoxy) is 1. The molecule has 0 unspecified atom stereocenters. The van der Waals surface area contributed by atoms with Crippen LogP contribution in [0.3, 0.4) is 0 Å². The van der Waals surface area contributed by atoms with Gasteiger partial charge in [0.2, 0.25) is 0 Å². The third-order valence-corrected chi connectivity index (χ3v) is 3.98. The fourth-order valence-corrected chi connectivity index (χ4v) is 2.55. The van der Waals surface area contributed by atoms with Crippen molar-refractivity contribution in [1.29, 1.82) is 0 Å². The summed E-state index contributed by atoms with van der Waals surface area (Å²) < 4.78 is 11.0. The Morgan fingerprint density at radius 1 is 1.04 bits per heavy atom.